The minimum absolute atomic E-state index is 0.0531. The van der Waals surface area contributed by atoms with Crippen LogP contribution in [0.3, 0.4) is 0 Å². The Balaban J connectivity index is 1.67. The summed E-state index contributed by atoms with van der Waals surface area (Å²) in [6.45, 7) is 5.38. The number of fused-ring (bicyclic) bond motifs is 1. The topological polar surface area (TPSA) is 135 Å². The molecule has 3 heterocycles. The van der Waals surface area contributed by atoms with Crippen molar-refractivity contribution < 1.29 is 28.3 Å². The van der Waals surface area contributed by atoms with Crippen LogP contribution in [0.15, 0.2) is 74.0 Å². The van der Waals surface area contributed by atoms with Crippen molar-refractivity contribution in [2.75, 3.05) is 20.8 Å². The first-order chi connectivity index (χ1) is 20.2. The number of aromatic nitrogens is 1. The lowest BCUT2D eigenvalue weighted by molar-refractivity contribution is -0.384. The van der Waals surface area contributed by atoms with Gasteiger partial charge >= 0.3 is 5.97 Å². The number of rotatable bonds is 8. The lowest BCUT2D eigenvalue weighted by Gasteiger charge is -2.26. The van der Waals surface area contributed by atoms with Crippen LogP contribution in [0.5, 0.6) is 11.5 Å². The van der Waals surface area contributed by atoms with Crippen molar-refractivity contribution in [1.82, 2.24) is 4.57 Å². The van der Waals surface area contributed by atoms with Crippen LogP contribution < -0.4 is 24.4 Å². The average Bonchev–Trinajstić information content (AvgIpc) is 3.56. The summed E-state index contributed by atoms with van der Waals surface area (Å²) in [5.41, 5.74) is 2.08. The van der Waals surface area contributed by atoms with Crippen LogP contribution >= 0.6 is 11.3 Å². The van der Waals surface area contributed by atoms with Crippen molar-refractivity contribution in [1.29, 1.82) is 0 Å². The third-order valence-electron chi connectivity index (χ3n) is 6.85. The summed E-state index contributed by atoms with van der Waals surface area (Å²) < 4.78 is 24.2. The fourth-order valence-electron chi connectivity index (χ4n) is 4.83. The molecule has 216 valence electrons. The minimum atomic E-state index is -0.896. The molecule has 1 aliphatic rings. The van der Waals surface area contributed by atoms with Gasteiger partial charge in [-0.2, -0.15) is 0 Å². The first-order valence-electron chi connectivity index (χ1n) is 12.9. The molecule has 0 N–H and O–H groups in total. The van der Waals surface area contributed by atoms with Crippen LogP contribution in [0.2, 0.25) is 0 Å². The molecule has 0 bridgehead atoms. The quantitative estimate of drug-likeness (QED) is 0.169. The van der Waals surface area contributed by atoms with Crippen LogP contribution in [-0.2, 0) is 9.53 Å². The summed E-state index contributed by atoms with van der Waals surface area (Å²) >= 11 is 1.14. The van der Waals surface area contributed by atoms with Crippen LogP contribution in [-0.4, -0.2) is 36.3 Å². The second-order valence-electron chi connectivity index (χ2n) is 9.37. The van der Waals surface area contributed by atoms with Crippen molar-refractivity contribution >= 4 is 29.1 Å². The summed E-state index contributed by atoms with van der Waals surface area (Å²) in [6, 6.07) is 12.2. The number of thiazole rings is 1. The molecule has 42 heavy (non-hydrogen) atoms. The van der Waals surface area contributed by atoms with Gasteiger partial charge in [-0.3, -0.25) is 19.5 Å². The van der Waals surface area contributed by atoms with Crippen LogP contribution in [0.4, 0.5) is 5.69 Å². The molecule has 1 atom stereocenters. The van der Waals surface area contributed by atoms with Crippen LogP contribution in [0.25, 0.3) is 17.4 Å². The Morgan fingerprint density at radius 2 is 1.93 bits per heavy atom. The molecule has 0 aliphatic carbocycles. The minimum Gasteiger partial charge on any atom is -0.497 e. The number of carbonyl (C=O) groups excluding carboxylic acids is 1. The number of nitro benzene ring substituents is 1. The number of non-ortho nitro benzene ring substituents is 1. The first-order valence-corrected chi connectivity index (χ1v) is 13.7. The number of hydrogen-bond acceptors (Lipinski definition) is 10. The Bertz CT molecular complexity index is 1930. The maximum absolute atomic E-state index is 14.0. The molecule has 0 radical (unpaired) electrons. The standard InChI is InChI=1S/C30H27N3O8S/c1-6-40-29(35)26-17(3)31-30-32(27(26)22-14-19(38-4)9-11-23(22)39-5)28(34)25(42-30)15-20-10-12-24(41-20)21-13-18(33(36)37)8-7-16(21)2/h7-15,27H,6H2,1-5H3/b25-15+/t27-/m0/s1. The zero-order valence-electron chi connectivity index (χ0n) is 23.5. The van der Waals surface area contributed by atoms with Crippen molar-refractivity contribution in [2.24, 2.45) is 4.99 Å². The molecule has 0 saturated carbocycles. The molecule has 2 aromatic heterocycles. The molecule has 0 fully saturated rings. The predicted octanol–water partition coefficient (Wildman–Crippen LogP) is 4.29. The Kier molecular flexibility index (Phi) is 7.81. The number of aryl methyl sites for hydroxylation is 1. The highest BCUT2D eigenvalue weighted by molar-refractivity contribution is 7.07. The predicted molar refractivity (Wildman–Crippen MR) is 155 cm³/mol. The number of ether oxygens (including phenoxy) is 3. The zero-order valence-corrected chi connectivity index (χ0v) is 24.3. The molecule has 4 aromatic rings. The van der Waals surface area contributed by atoms with Gasteiger partial charge < -0.3 is 18.6 Å². The molecule has 0 saturated heterocycles. The summed E-state index contributed by atoms with van der Waals surface area (Å²) in [5.74, 6) is 1.18. The fraction of sp³-hybridized carbons (Fsp3) is 0.233. The van der Waals surface area contributed by atoms with E-state index >= 15 is 0 Å². The lowest BCUT2D eigenvalue weighted by atomic mass is 9.95. The van der Waals surface area contributed by atoms with Crippen molar-refractivity contribution in [2.45, 2.75) is 26.8 Å². The number of hydrogen-bond donors (Lipinski definition) is 0. The monoisotopic (exact) mass is 589 g/mol. The Hall–Kier alpha value is -4.97. The molecule has 12 heteroatoms. The number of benzene rings is 2. The van der Waals surface area contributed by atoms with Crippen molar-refractivity contribution in [3.63, 3.8) is 0 Å². The van der Waals surface area contributed by atoms with E-state index in [9.17, 15) is 19.7 Å². The molecule has 0 amide bonds. The normalized spacial score (nSPS) is 14.8. The number of nitrogens with zero attached hydrogens (tertiary/aromatic N) is 3. The highest BCUT2D eigenvalue weighted by Gasteiger charge is 2.35. The van der Waals surface area contributed by atoms with Gasteiger partial charge in [0.15, 0.2) is 4.80 Å². The van der Waals surface area contributed by atoms with Gasteiger partial charge in [0, 0.05) is 29.3 Å². The van der Waals surface area contributed by atoms with Gasteiger partial charge in [-0.15, -0.1) is 0 Å². The largest absolute Gasteiger partial charge is 0.497 e. The summed E-state index contributed by atoms with van der Waals surface area (Å²) in [4.78, 5) is 43.0. The Morgan fingerprint density at radius 3 is 2.62 bits per heavy atom. The van der Waals surface area contributed by atoms with Gasteiger partial charge in [0.25, 0.3) is 11.2 Å². The highest BCUT2D eigenvalue weighted by Crippen LogP contribution is 2.38. The Labute approximate surface area is 243 Å². The van der Waals surface area contributed by atoms with E-state index in [1.807, 2.05) is 6.92 Å². The summed E-state index contributed by atoms with van der Waals surface area (Å²) in [6.07, 6.45) is 1.59. The van der Waals surface area contributed by atoms with Gasteiger partial charge in [0.1, 0.15) is 29.1 Å². The van der Waals surface area contributed by atoms with Crippen LogP contribution in [0.1, 0.15) is 36.8 Å². The van der Waals surface area contributed by atoms with E-state index in [-0.39, 0.29) is 17.9 Å². The van der Waals surface area contributed by atoms with Gasteiger partial charge in [0.2, 0.25) is 0 Å². The SMILES string of the molecule is CCOC(=O)C1=C(C)N=c2s/c(=C/c3ccc(-c4cc([N+](=O)[O-])ccc4C)o3)c(=O)n2[C@H]1c1cc(OC)ccc1OC. The second-order valence-corrected chi connectivity index (χ2v) is 10.4. The van der Waals surface area contributed by atoms with E-state index in [0.29, 0.717) is 49.2 Å². The smallest absolute Gasteiger partial charge is 0.338 e. The fourth-order valence-corrected chi connectivity index (χ4v) is 5.86. The second kappa shape index (κ2) is 11.5. The number of allylic oxidation sites excluding steroid dienone is 1. The van der Waals surface area contributed by atoms with Crippen molar-refractivity contribution in [3.05, 3.63) is 106 Å². The van der Waals surface area contributed by atoms with E-state index < -0.39 is 22.5 Å². The van der Waals surface area contributed by atoms with E-state index in [1.165, 1.54) is 30.9 Å². The number of methoxy groups -OCH3 is 2. The number of nitro groups is 1. The van der Waals surface area contributed by atoms with E-state index in [1.54, 1.807) is 56.3 Å². The van der Waals surface area contributed by atoms with Gasteiger partial charge in [-0.25, -0.2) is 9.79 Å². The Morgan fingerprint density at radius 1 is 1.14 bits per heavy atom. The molecule has 1 aliphatic heterocycles. The summed E-state index contributed by atoms with van der Waals surface area (Å²) in [7, 11) is 3.03. The molecule has 11 nitrogen and oxygen atoms in total. The lowest BCUT2D eigenvalue weighted by Crippen LogP contribution is -2.40. The molecular weight excluding hydrogens is 562 g/mol. The number of esters is 1. The van der Waals surface area contributed by atoms with E-state index in [0.717, 1.165) is 16.9 Å². The zero-order chi connectivity index (χ0) is 30.1. The van der Waals surface area contributed by atoms with E-state index in [4.69, 9.17) is 18.6 Å². The van der Waals surface area contributed by atoms with Crippen LogP contribution in [0, 0.1) is 17.0 Å². The molecule has 2 aromatic carbocycles. The highest BCUT2D eigenvalue weighted by atomic mass is 32.1. The summed E-state index contributed by atoms with van der Waals surface area (Å²) in [5, 5.41) is 11.3. The maximum atomic E-state index is 14.0. The number of furan rings is 1. The third-order valence-corrected chi connectivity index (χ3v) is 7.83. The first kappa shape index (κ1) is 28.6. The van der Waals surface area contributed by atoms with Gasteiger partial charge in [-0.1, -0.05) is 17.4 Å². The molecule has 0 spiro atoms. The number of carbonyl (C=O) groups is 1. The van der Waals surface area contributed by atoms with Gasteiger partial charge in [-0.05, 0) is 56.7 Å². The van der Waals surface area contributed by atoms with E-state index in [2.05, 4.69) is 4.99 Å². The molecular formula is C30H27N3O8S. The van der Waals surface area contributed by atoms with Gasteiger partial charge in [0.05, 0.1) is 41.6 Å². The maximum Gasteiger partial charge on any atom is 0.338 e. The average molecular weight is 590 g/mol. The molecule has 0 unspecified atom stereocenters. The molecule has 5 rings (SSSR count). The van der Waals surface area contributed by atoms with Crippen molar-refractivity contribution in [3.8, 4) is 22.8 Å². The third kappa shape index (κ3) is 5.12.